The number of rotatable bonds is 3. The van der Waals surface area contributed by atoms with Crippen molar-refractivity contribution in [2.45, 2.75) is 19.9 Å². The molecule has 21 heavy (non-hydrogen) atoms. The van der Waals surface area contributed by atoms with E-state index in [0.717, 1.165) is 27.0 Å². The summed E-state index contributed by atoms with van der Waals surface area (Å²) in [6.45, 7) is 4.11. The number of fused-ring (bicyclic) bond motifs is 1. The predicted molar refractivity (Wildman–Crippen MR) is 90.5 cm³/mol. The Hall–Kier alpha value is -1.94. The average molecular weight is 342 g/mol. The van der Waals surface area contributed by atoms with Gasteiger partial charge >= 0.3 is 0 Å². The number of para-hydroxylation sites is 2. The van der Waals surface area contributed by atoms with Gasteiger partial charge in [0.05, 0.1) is 22.8 Å². The Morgan fingerprint density at radius 3 is 2.24 bits per heavy atom. The van der Waals surface area contributed by atoms with Gasteiger partial charge in [-0.3, -0.25) is 0 Å². The highest BCUT2D eigenvalue weighted by molar-refractivity contribution is 9.10. The third-order valence-corrected chi connectivity index (χ3v) is 4.00. The van der Waals surface area contributed by atoms with Crippen LogP contribution < -0.4 is 5.32 Å². The number of anilines is 1. The number of nitrogens with one attached hydrogen (secondary N) is 1. The number of halogens is 1. The summed E-state index contributed by atoms with van der Waals surface area (Å²) in [6, 6.07) is 16.4. The Morgan fingerprint density at radius 2 is 1.57 bits per heavy atom. The zero-order valence-corrected chi connectivity index (χ0v) is 13.6. The largest absolute Gasteiger partial charge is 0.362 e. The Balaban J connectivity index is 1.90. The van der Waals surface area contributed by atoms with E-state index in [9.17, 15) is 0 Å². The molecule has 4 heteroatoms. The first-order valence-electron chi connectivity index (χ1n) is 6.89. The van der Waals surface area contributed by atoms with Crippen LogP contribution in [0, 0.1) is 6.92 Å². The van der Waals surface area contributed by atoms with Crippen LogP contribution in [0.4, 0.5) is 5.82 Å². The summed E-state index contributed by atoms with van der Waals surface area (Å²) in [5.41, 5.74) is 3.97. The number of hydrogen-bond acceptors (Lipinski definition) is 3. The van der Waals surface area contributed by atoms with E-state index in [4.69, 9.17) is 0 Å². The van der Waals surface area contributed by atoms with E-state index in [0.29, 0.717) is 0 Å². The fourth-order valence-corrected chi connectivity index (χ4v) is 2.53. The quantitative estimate of drug-likeness (QED) is 0.738. The molecular weight excluding hydrogens is 326 g/mol. The molecule has 3 rings (SSSR count). The normalized spacial score (nSPS) is 12.3. The molecule has 0 aliphatic heterocycles. The monoisotopic (exact) mass is 341 g/mol. The van der Waals surface area contributed by atoms with Crippen LogP contribution in [-0.2, 0) is 0 Å². The summed E-state index contributed by atoms with van der Waals surface area (Å²) in [7, 11) is 0. The predicted octanol–water partition coefficient (Wildman–Crippen LogP) is 4.87. The third-order valence-electron chi connectivity index (χ3n) is 3.47. The van der Waals surface area contributed by atoms with E-state index >= 15 is 0 Å². The fraction of sp³-hybridized carbons (Fsp3) is 0.176. The third kappa shape index (κ3) is 3.05. The first-order chi connectivity index (χ1) is 10.1. The van der Waals surface area contributed by atoms with Crippen molar-refractivity contribution in [2.24, 2.45) is 0 Å². The van der Waals surface area contributed by atoms with Crippen molar-refractivity contribution < 1.29 is 0 Å². The van der Waals surface area contributed by atoms with Crippen molar-refractivity contribution in [3.05, 3.63) is 64.3 Å². The lowest BCUT2D eigenvalue weighted by atomic mass is 10.1. The summed E-state index contributed by atoms with van der Waals surface area (Å²) in [4.78, 5) is 9.28. The number of aromatic nitrogens is 2. The van der Waals surface area contributed by atoms with Crippen LogP contribution >= 0.6 is 15.9 Å². The van der Waals surface area contributed by atoms with E-state index in [2.05, 4.69) is 50.3 Å². The molecule has 0 fully saturated rings. The van der Waals surface area contributed by atoms with Gasteiger partial charge in [-0.25, -0.2) is 9.97 Å². The molecule has 0 aliphatic rings. The van der Waals surface area contributed by atoms with Gasteiger partial charge in [-0.2, -0.15) is 0 Å². The van der Waals surface area contributed by atoms with Crippen LogP contribution in [0.15, 0.2) is 53.0 Å². The van der Waals surface area contributed by atoms with Crippen molar-refractivity contribution in [1.82, 2.24) is 9.97 Å². The van der Waals surface area contributed by atoms with Gasteiger partial charge in [0.1, 0.15) is 5.82 Å². The van der Waals surface area contributed by atoms with Crippen LogP contribution in [-0.4, -0.2) is 9.97 Å². The molecule has 1 unspecified atom stereocenters. The van der Waals surface area contributed by atoms with Crippen molar-refractivity contribution >= 4 is 32.8 Å². The molecule has 1 aromatic heterocycles. The van der Waals surface area contributed by atoms with Crippen molar-refractivity contribution in [1.29, 1.82) is 0 Å². The molecule has 3 nitrogen and oxygen atoms in total. The van der Waals surface area contributed by atoms with Crippen molar-refractivity contribution in [3.8, 4) is 0 Å². The molecule has 1 atom stereocenters. The average Bonchev–Trinajstić information content (AvgIpc) is 2.48. The summed E-state index contributed by atoms with van der Waals surface area (Å²) in [5, 5.41) is 3.45. The topological polar surface area (TPSA) is 37.8 Å². The second-order valence-electron chi connectivity index (χ2n) is 5.06. The SMILES string of the molecule is Cc1nc2ccccc2nc1NC(C)c1ccc(Br)cc1. The van der Waals surface area contributed by atoms with E-state index in [1.807, 2.05) is 43.3 Å². The smallest absolute Gasteiger partial charge is 0.148 e. The maximum Gasteiger partial charge on any atom is 0.148 e. The number of benzene rings is 2. The van der Waals surface area contributed by atoms with Crippen molar-refractivity contribution in [3.63, 3.8) is 0 Å². The highest BCUT2D eigenvalue weighted by atomic mass is 79.9. The minimum atomic E-state index is 0.173. The highest BCUT2D eigenvalue weighted by Gasteiger charge is 2.10. The number of nitrogens with zero attached hydrogens (tertiary/aromatic N) is 2. The minimum absolute atomic E-state index is 0.173. The molecule has 1 N–H and O–H groups in total. The lowest BCUT2D eigenvalue weighted by Crippen LogP contribution is -2.10. The zero-order valence-electron chi connectivity index (χ0n) is 12.0. The molecule has 0 aliphatic carbocycles. The lowest BCUT2D eigenvalue weighted by Gasteiger charge is -2.16. The molecule has 2 aromatic carbocycles. The second kappa shape index (κ2) is 5.82. The molecule has 3 aromatic rings. The fourth-order valence-electron chi connectivity index (χ4n) is 2.26. The van der Waals surface area contributed by atoms with Crippen LogP contribution in [0.3, 0.4) is 0 Å². The lowest BCUT2D eigenvalue weighted by molar-refractivity contribution is 0.869. The van der Waals surface area contributed by atoms with E-state index in [1.54, 1.807) is 0 Å². The molecule has 0 saturated carbocycles. The Kier molecular flexibility index (Phi) is 3.88. The van der Waals surface area contributed by atoms with Gasteiger partial charge < -0.3 is 5.32 Å². The maximum absolute atomic E-state index is 4.67. The highest BCUT2D eigenvalue weighted by Crippen LogP contribution is 2.23. The Morgan fingerprint density at radius 1 is 0.952 bits per heavy atom. The minimum Gasteiger partial charge on any atom is -0.362 e. The van der Waals surface area contributed by atoms with Crippen LogP contribution in [0.5, 0.6) is 0 Å². The maximum atomic E-state index is 4.67. The van der Waals surface area contributed by atoms with Gasteiger partial charge in [-0.05, 0) is 43.7 Å². The van der Waals surface area contributed by atoms with Crippen LogP contribution in [0.1, 0.15) is 24.2 Å². The van der Waals surface area contributed by atoms with Gasteiger partial charge in [0.15, 0.2) is 0 Å². The Bertz CT molecular complexity index is 769. The van der Waals surface area contributed by atoms with Crippen molar-refractivity contribution in [2.75, 3.05) is 5.32 Å². The van der Waals surface area contributed by atoms with E-state index < -0.39 is 0 Å². The first-order valence-corrected chi connectivity index (χ1v) is 7.68. The molecule has 0 spiro atoms. The van der Waals surface area contributed by atoms with E-state index in [-0.39, 0.29) is 6.04 Å². The van der Waals surface area contributed by atoms with Gasteiger partial charge in [0.25, 0.3) is 0 Å². The summed E-state index contributed by atoms with van der Waals surface area (Å²) >= 11 is 3.46. The molecule has 1 heterocycles. The number of hydrogen-bond donors (Lipinski definition) is 1. The standard InChI is InChI=1S/C17H16BrN3/c1-11(13-7-9-14(18)10-8-13)20-17-12(2)19-15-5-3-4-6-16(15)21-17/h3-11H,1-2H3,(H,20,21). The van der Waals surface area contributed by atoms with Gasteiger partial charge in [0, 0.05) is 4.47 Å². The van der Waals surface area contributed by atoms with E-state index in [1.165, 1.54) is 5.56 Å². The first kappa shape index (κ1) is 14.0. The van der Waals surface area contributed by atoms with Crippen LogP contribution in [0.25, 0.3) is 11.0 Å². The summed E-state index contributed by atoms with van der Waals surface area (Å²) < 4.78 is 1.08. The van der Waals surface area contributed by atoms with Crippen LogP contribution in [0.2, 0.25) is 0 Å². The second-order valence-corrected chi connectivity index (χ2v) is 5.98. The summed E-state index contributed by atoms with van der Waals surface area (Å²) in [5.74, 6) is 0.837. The molecule has 106 valence electrons. The molecule has 0 radical (unpaired) electrons. The molecule has 0 saturated heterocycles. The van der Waals surface area contributed by atoms with Gasteiger partial charge in [-0.15, -0.1) is 0 Å². The van der Waals surface area contributed by atoms with Gasteiger partial charge in [0.2, 0.25) is 0 Å². The summed E-state index contributed by atoms with van der Waals surface area (Å²) in [6.07, 6.45) is 0. The molecular formula is C17H16BrN3. The number of aryl methyl sites for hydroxylation is 1. The molecule has 0 bridgehead atoms. The Labute approximate surface area is 132 Å². The zero-order chi connectivity index (χ0) is 14.8. The molecule has 0 amide bonds. The van der Waals surface area contributed by atoms with Gasteiger partial charge in [-0.1, -0.05) is 40.2 Å².